The van der Waals surface area contributed by atoms with Crippen LogP contribution in [0.3, 0.4) is 0 Å². The summed E-state index contributed by atoms with van der Waals surface area (Å²) in [6, 6.07) is 21.4. The van der Waals surface area contributed by atoms with E-state index >= 15 is 0 Å². The Bertz CT molecular complexity index is 829. The molecule has 0 spiro atoms. The summed E-state index contributed by atoms with van der Waals surface area (Å²) < 4.78 is 0. The molecule has 1 aliphatic rings. The van der Waals surface area contributed by atoms with E-state index in [0.29, 0.717) is 0 Å². The van der Waals surface area contributed by atoms with Crippen LogP contribution in [0.2, 0.25) is 0 Å². The van der Waals surface area contributed by atoms with E-state index in [0.717, 1.165) is 12.1 Å². The number of aryl methyl sites for hydroxylation is 1. The quantitative estimate of drug-likeness (QED) is 0.494. The lowest BCUT2D eigenvalue weighted by molar-refractivity contribution is 1.26. The Labute approximate surface area is 125 Å². The molecule has 0 amide bonds. The van der Waals surface area contributed by atoms with Crippen molar-refractivity contribution < 1.29 is 0 Å². The molecule has 0 radical (unpaired) electrons. The predicted molar refractivity (Wildman–Crippen MR) is 89.3 cm³/mol. The Hall–Kier alpha value is -2.54. The molecule has 0 unspecified atom stereocenters. The lowest BCUT2D eigenvalue weighted by Gasteiger charge is -2.12. The first kappa shape index (κ1) is 12.2. The molecule has 3 aromatic carbocycles. The third kappa shape index (κ3) is 1.85. The van der Waals surface area contributed by atoms with Crippen LogP contribution < -0.4 is 5.73 Å². The third-order valence-corrected chi connectivity index (χ3v) is 4.40. The normalized spacial score (nSPS) is 12.0. The van der Waals surface area contributed by atoms with E-state index in [1.165, 1.54) is 38.9 Å². The zero-order chi connectivity index (χ0) is 14.4. The van der Waals surface area contributed by atoms with Crippen LogP contribution in [0.1, 0.15) is 16.7 Å². The van der Waals surface area contributed by atoms with E-state index in [9.17, 15) is 0 Å². The Balaban J connectivity index is 1.96. The highest BCUT2D eigenvalue weighted by Crippen LogP contribution is 2.43. The van der Waals surface area contributed by atoms with E-state index in [1.54, 1.807) is 0 Å². The van der Waals surface area contributed by atoms with Crippen LogP contribution in [0.5, 0.6) is 0 Å². The van der Waals surface area contributed by atoms with Crippen LogP contribution in [0.15, 0.2) is 60.7 Å². The van der Waals surface area contributed by atoms with Gasteiger partial charge in [-0.2, -0.15) is 0 Å². The Morgan fingerprint density at radius 1 is 0.810 bits per heavy atom. The standard InChI is InChI=1S/C20H17N/c1-13-6-11-17(14-7-9-16(21)10-8-14)19-12-15-4-2-3-5-18(15)20(13)19/h2-11H,12,21H2,1H3. The molecular formula is C20H17N. The van der Waals surface area contributed by atoms with Crippen LogP contribution in [0.25, 0.3) is 22.3 Å². The van der Waals surface area contributed by atoms with Crippen molar-refractivity contribution in [1.82, 2.24) is 0 Å². The highest BCUT2D eigenvalue weighted by Gasteiger charge is 2.22. The topological polar surface area (TPSA) is 26.0 Å². The summed E-state index contributed by atoms with van der Waals surface area (Å²) in [5.74, 6) is 0. The van der Waals surface area contributed by atoms with E-state index in [1.807, 2.05) is 12.1 Å². The summed E-state index contributed by atoms with van der Waals surface area (Å²) in [5.41, 5.74) is 16.2. The maximum Gasteiger partial charge on any atom is 0.0314 e. The molecule has 0 bridgehead atoms. The number of benzene rings is 3. The van der Waals surface area contributed by atoms with Gasteiger partial charge in [-0.1, -0.05) is 48.5 Å². The average Bonchev–Trinajstić information content (AvgIpc) is 2.89. The monoisotopic (exact) mass is 271 g/mol. The molecule has 3 aromatic rings. The summed E-state index contributed by atoms with van der Waals surface area (Å²) in [6.07, 6.45) is 1.02. The molecule has 0 heterocycles. The number of anilines is 1. The lowest BCUT2D eigenvalue weighted by atomic mass is 9.92. The Morgan fingerprint density at radius 2 is 1.57 bits per heavy atom. The second kappa shape index (κ2) is 4.49. The van der Waals surface area contributed by atoms with Crippen molar-refractivity contribution in [2.45, 2.75) is 13.3 Å². The molecule has 1 heteroatoms. The number of nitrogen functional groups attached to an aromatic ring is 1. The fourth-order valence-corrected chi connectivity index (χ4v) is 3.37. The van der Waals surface area contributed by atoms with Crippen LogP contribution in [0, 0.1) is 6.92 Å². The summed E-state index contributed by atoms with van der Waals surface area (Å²) in [5, 5.41) is 0. The first-order valence-electron chi connectivity index (χ1n) is 7.31. The van der Waals surface area contributed by atoms with Gasteiger partial charge >= 0.3 is 0 Å². The van der Waals surface area contributed by atoms with Crippen LogP contribution in [-0.2, 0) is 6.42 Å². The maximum absolute atomic E-state index is 5.81. The first-order valence-corrected chi connectivity index (χ1v) is 7.31. The largest absolute Gasteiger partial charge is 0.399 e. The summed E-state index contributed by atoms with van der Waals surface area (Å²) >= 11 is 0. The number of rotatable bonds is 1. The second-order valence-corrected chi connectivity index (χ2v) is 5.74. The van der Waals surface area contributed by atoms with Crippen molar-refractivity contribution in [3.05, 3.63) is 77.4 Å². The molecule has 1 aliphatic carbocycles. The van der Waals surface area contributed by atoms with Crippen molar-refractivity contribution in [3.63, 3.8) is 0 Å². The first-order chi connectivity index (χ1) is 10.2. The molecule has 2 N–H and O–H groups in total. The van der Waals surface area contributed by atoms with Crippen molar-refractivity contribution in [2.75, 3.05) is 5.73 Å². The van der Waals surface area contributed by atoms with E-state index in [2.05, 4.69) is 55.5 Å². The molecule has 0 aliphatic heterocycles. The zero-order valence-corrected chi connectivity index (χ0v) is 12.1. The van der Waals surface area contributed by atoms with Gasteiger partial charge in [-0.15, -0.1) is 0 Å². The Kier molecular flexibility index (Phi) is 2.61. The minimum atomic E-state index is 0.811. The molecule has 0 fully saturated rings. The second-order valence-electron chi connectivity index (χ2n) is 5.74. The number of fused-ring (bicyclic) bond motifs is 3. The van der Waals surface area contributed by atoms with Crippen LogP contribution in [0.4, 0.5) is 5.69 Å². The molecule has 21 heavy (non-hydrogen) atoms. The SMILES string of the molecule is Cc1ccc(-c2ccc(N)cc2)c2c1-c1ccccc1C2. The van der Waals surface area contributed by atoms with Crippen LogP contribution in [-0.4, -0.2) is 0 Å². The smallest absolute Gasteiger partial charge is 0.0314 e. The summed E-state index contributed by atoms with van der Waals surface area (Å²) in [6.45, 7) is 2.20. The summed E-state index contributed by atoms with van der Waals surface area (Å²) in [7, 11) is 0. The van der Waals surface area contributed by atoms with Crippen molar-refractivity contribution in [2.24, 2.45) is 0 Å². The van der Waals surface area contributed by atoms with Gasteiger partial charge in [-0.3, -0.25) is 0 Å². The minimum Gasteiger partial charge on any atom is -0.399 e. The number of nitrogens with two attached hydrogens (primary N) is 1. The van der Waals surface area contributed by atoms with Crippen LogP contribution >= 0.6 is 0 Å². The van der Waals surface area contributed by atoms with Gasteiger partial charge in [0.05, 0.1) is 0 Å². The molecule has 0 aromatic heterocycles. The average molecular weight is 271 g/mol. The van der Waals surface area contributed by atoms with Gasteiger partial charge in [0.25, 0.3) is 0 Å². The van der Waals surface area contributed by atoms with Gasteiger partial charge in [0.2, 0.25) is 0 Å². The molecule has 0 atom stereocenters. The van der Waals surface area contributed by atoms with Gasteiger partial charge < -0.3 is 5.73 Å². The van der Waals surface area contributed by atoms with Crippen molar-refractivity contribution in [1.29, 1.82) is 0 Å². The number of hydrogen-bond acceptors (Lipinski definition) is 1. The summed E-state index contributed by atoms with van der Waals surface area (Å²) in [4.78, 5) is 0. The van der Waals surface area contributed by atoms with E-state index in [4.69, 9.17) is 5.73 Å². The zero-order valence-electron chi connectivity index (χ0n) is 12.1. The lowest BCUT2D eigenvalue weighted by Crippen LogP contribution is -1.91. The molecule has 0 saturated heterocycles. The highest BCUT2D eigenvalue weighted by molar-refractivity contribution is 5.86. The van der Waals surface area contributed by atoms with Gasteiger partial charge in [-0.05, 0) is 64.4 Å². The molecular weight excluding hydrogens is 254 g/mol. The fraction of sp³-hybridized carbons (Fsp3) is 0.100. The van der Waals surface area contributed by atoms with Gasteiger partial charge in [0.15, 0.2) is 0 Å². The van der Waals surface area contributed by atoms with Crippen molar-refractivity contribution >= 4 is 5.69 Å². The fourth-order valence-electron chi connectivity index (χ4n) is 3.37. The molecule has 1 nitrogen and oxygen atoms in total. The molecule has 102 valence electrons. The van der Waals surface area contributed by atoms with Gasteiger partial charge in [-0.25, -0.2) is 0 Å². The highest BCUT2D eigenvalue weighted by atomic mass is 14.5. The number of hydrogen-bond donors (Lipinski definition) is 1. The van der Waals surface area contributed by atoms with E-state index < -0.39 is 0 Å². The minimum absolute atomic E-state index is 0.811. The van der Waals surface area contributed by atoms with Gasteiger partial charge in [0.1, 0.15) is 0 Å². The van der Waals surface area contributed by atoms with Gasteiger partial charge in [0, 0.05) is 5.69 Å². The molecule has 0 saturated carbocycles. The Morgan fingerprint density at radius 3 is 2.38 bits per heavy atom. The predicted octanol–water partition coefficient (Wildman–Crippen LogP) is 4.82. The van der Waals surface area contributed by atoms with E-state index in [-0.39, 0.29) is 0 Å². The third-order valence-electron chi connectivity index (χ3n) is 4.40. The van der Waals surface area contributed by atoms with Crippen molar-refractivity contribution in [3.8, 4) is 22.3 Å². The maximum atomic E-state index is 5.81. The molecule has 4 rings (SSSR count).